The number of hydrogen-bond donors (Lipinski definition) is 1. The number of ether oxygens (including phenoxy) is 1. The molecule has 0 spiro atoms. The first-order chi connectivity index (χ1) is 7.61. The third kappa shape index (κ3) is 4.90. The summed E-state index contributed by atoms with van der Waals surface area (Å²) in [5.74, 6) is 0.957. The highest BCUT2D eigenvalue weighted by molar-refractivity contribution is 9.10. The molecule has 0 aromatic heterocycles. The zero-order chi connectivity index (χ0) is 12.0. The minimum absolute atomic E-state index is 0.171. The van der Waals surface area contributed by atoms with E-state index in [1.54, 1.807) is 6.92 Å². The van der Waals surface area contributed by atoms with E-state index in [4.69, 9.17) is 10.5 Å². The van der Waals surface area contributed by atoms with Crippen LogP contribution in [0.1, 0.15) is 12.5 Å². The van der Waals surface area contributed by atoms with E-state index in [0.717, 1.165) is 21.5 Å². The highest BCUT2D eigenvalue weighted by atomic mass is 79.9. The summed E-state index contributed by atoms with van der Waals surface area (Å²) in [5.41, 5.74) is 7.53. The second kappa shape index (κ2) is 6.81. The Balaban J connectivity index is 2.40. The van der Waals surface area contributed by atoms with Gasteiger partial charge in [-0.1, -0.05) is 15.9 Å². The van der Waals surface area contributed by atoms with E-state index < -0.39 is 0 Å². The van der Waals surface area contributed by atoms with Crippen molar-refractivity contribution in [2.75, 3.05) is 18.1 Å². The van der Waals surface area contributed by atoms with Crippen LogP contribution in [0.2, 0.25) is 0 Å². The molecule has 0 aliphatic carbocycles. The molecule has 1 rings (SSSR count). The summed E-state index contributed by atoms with van der Waals surface area (Å²) in [5, 5.41) is 0. The first-order valence-corrected chi connectivity index (χ1v) is 6.85. The van der Waals surface area contributed by atoms with Crippen molar-refractivity contribution >= 4 is 39.3 Å². The number of nitrogens with two attached hydrogens (primary N) is 1. The van der Waals surface area contributed by atoms with E-state index in [1.807, 2.05) is 18.2 Å². The predicted molar refractivity (Wildman–Crippen MR) is 71.3 cm³/mol. The predicted octanol–water partition coefficient (Wildman–Crippen LogP) is 2.83. The van der Waals surface area contributed by atoms with E-state index in [0.29, 0.717) is 12.4 Å². The van der Waals surface area contributed by atoms with Crippen molar-refractivity contribution in [1.82, 2.24) is 0 Å². The van der Waals surface area contributed by atoms with Gasteiger partial charge >= 0.3 is 5.97 Å². The van der Waals surface area contributed by atoms with Gasteiger partial charge in [-0.3, -0.25) is 4.79 Å². The number of hydrogen-bond acceptors (Lipinski definition) is 4. The highest BCUT2D eigenvalue weighted by Crippen LogP contribution is 2.21. The van der Waals surface area contributed by atoms with Gasteiger partial charge in [0.2, 0.25) is 0 Å². The van der Waals surface area contributed by atoms with Crippen molar-refractivity contribution in [1.29, 1.82) is 0 Å². The van der Waals surface area contributed by atoms with Gasteiger partial charge in [0.25, 0.3) is 0 Å². The van der Waals surface area contributed by atoms with Crippen LogP contribution < -0.4 is 5.73 Å². The van der Waals surface area contributed by atoms with Gasteiger partial charge in [0.05, 0.1) is 12.4 Å². The first kappa shape index (κ1) is 13.4. The lowest BCUT2D eigenvalue weighted by Gasteiger charge is -2.04. The molecule has 1 aromatic carbocycles. The second-order valence-corrected chi connectivity index (χ2v) is 5.09. The van der Waals surface area contributed by atoms with Gasteiger partial charge in [-0.05, 0) is 30.7 Å². The Bertz CT molecular complexity index is 351. The summed E-state index contributed by atoms with van der Waals surface area (Å²) in [4.78, 5) is 11.1. The molecule has 0 bridgehead atoms. The lowest BCUT2D eigenvalue weighted by Crippen LogP contribution is -2.06. The number of esters is 1. The number of benzene rings is 1. The van der Waals surface area contributed by atoms with Crippen LogP contribution in [0.15, 0.2) is 22.7 Å². The van der Waals surface area contributed by atoms with Crippen LogP contribution >= 0.6 is 27.7 Å². The molecule has 16 heavy (non-hydrogen) atoms. The third-order valence-corrected chi connectivity index (χ3v) is 3.21. The zero-order valence-corrected chi connectivity index (χ0v) is 11.4. The fourth-order valence-corrected chi connectivity index (χ4v) is 2.53. The molecule has 0 aliphatic rings. The van der Waals surface area contributed by atoms with Crippen LogP contribution in [0.5, 0.6) is 0 Å². The molecule has 0 unspecified atom stereocenters. The lowest BCUT2D eigenvalue weighted by atomic mass is 10.2. The van der Waals surface area contributed by atoms with Crippen LogP contribution in [-0.4, -0.2) is 18.3 Å². The molecule has 0 fully saturated rings. The number of carbonyl (C=O) groups excluding carboxylic acids is 1. The smallest absolute Gasteiger partial charge is 0.315 e. The Morgan fingerprint density at radius 2 is 2.25 bits per heavy atom. The maximum atomic E-state index is 11.1. The van der Waals surface area contributed by atoms with Crippen molar-refractivity contribution < 1.29 is 9.53 Å². The average Bonchev–Trinajstić information content (AvgIpc) is 2.16. The van der Waals surface area contributed by atoms with E-state index >= 15 is 0 Å². The maximum Gasteiger partial charge on any atom is 0.315 e. The second-order valence-electron chi connectivity index (χ2n) is 3.19. The molecule has 0 heterocycles. The molecule has 2 N–H and O–H groups in total. The number of nitrogen functional groups attached to an aromatic ring is 1. The number of anilines is 1. The summed E-state index contributed by atoms with van der Waals surface area (Å²) in [7, 11) is 0. The van der Waals surface area contributed by atoms with Crippen LogP contribution in [-0.2, 0) is 15.3 Å². The molecular formula is C11H14BrNO2S. The van der Waals surface area contributed by atoms with Crippen LogP contribution in [0.3, 0.4) is 0 Å². The molecular weight excluding hydrogens is 290 g/mol. The monoisotopic (exact) mass is 303 g/mol. The van der Waals surface area contributed by atoms with E-state index in [9.17, 15) is 4.79 Å². The minimum atomic E-state index is -0.171. The fraction of sp³-hybridized carbons (Fsp3) is 0.364. The topological polar surface area (TPSA) is 52.3 Å². The summed E-state index contributed by atoms with van der Waals surface area (Å²) in [6.45, 7) is 2.24. The Morgan fingerprint density at radius 3 is 2.88 bits per heavy atom. The molecule has 0 aliphatic heterocycles. The largest absolute Gasteiger partial charge is 0.465 e. The standard InChI is InChI=1S/C11H14BrNO2S/c1-2-15-11(14)7-16-6-8-3-9(12)5-10(13)4-8/h3-5H,2,6-7,13H2,1H3. The van der Waals surface area contributed by atoms with Crippen molar-refractivity contribution in [3.8, 4) is 0 Å². The van der Waals surface area contributed by atoms with Gasteiger partial charge in [-0.2, -0.15) is 0 Å². The highest BCUT2D eigenvalue weighted by Gasteiger charge is 2.03. The normalized spacial score (nSPS) is 10.1. The Morgan fingerprint density at radius 1 is 1.50 bits per heavy atom. The first-order valence-electron chi connectivity index (χ1n) is 4.90. The van der Waals surface area contributed by atoms with Crippen molar-refractivity contribution in [3.05, 3.63) is 28.2 Å². The van der Waals surface area contributed by atoms with Crippen LogP contribution in [0.4, 0.5) is 5.69 Å². The van der Waals surface area contributed by atoms with Crippen LogP contribution in [0.25, 0.3) is 0 Å². The molecule has 1 aromatic rings. The maximum absolute atomic E-state index is 11.1. The number of rotatable bonds is 5. The van der Waals surface area contributed by atoms with Gasteiger partial charge in [0, 0.05) is 15.9 Å². The SMILES string of the molecule is CCOC(=O)CSCc1cc(N)cc(Br)c1. The number of thioether (sulfide) groups is 1. The lowest BCUT2D eigenvalue weighted by molar-refractivity contribution is -0.139. The quantitative estimate of drug-likeness (QED) is 0.671. The molecule has 3 nitrogen and oxygen atoms in total. The molecule has 0 radical (unpaired) electrons. The van der Waals surface area contributed by atoms with Gasteiger partial charge in [-0.25, -0.2) is 0 Å². The van der Waals surface area contributed by atoms with Gasteiger partial charge in [0.1, 0.15) is 0 Å². The zero-order valence-electron chi connectivity index (χ0n) is 9.03. The van der Waals surface area contributed by atoms with E-state index in [1.165, 1.54) is 11.8 Å². The summed E-state index contributed by atoms with van der Waals surface area (Å²) in [6, 6.07) is 5.75. The Labute approximate surface area is 108 Å². The summed E-state index contributed by atoms with van der Waals surface area (Å²) in [6.07, 6.45) is 0. The molecule has 0 amide bonds. The van der Waals surface area contributed by atoms with Crippen molar-refractivity contribution in [3.63, 3.8) is 0 Å². The molecule has 0 saturated carbocycles. The van der Waals surface area contributed by atoms with Crippen molar-refractivity contribution in [2.45, 2.75) is 12.7 Å². The van der Waals surface area contributed by atoms with Gasteiger partial charge in [-0.15, -0.1) is 11.8 Å². The molecule has 88 valence electrons. The van der Waals surface area contributed by atoms with Gasteiger partial charge < -0.3 is 10.5 Å². The minimum Gasteiger partial charge on any atom is -0.465 e. The third-order valence-electron chi connectivity index (χ3n) is 1.77. The number of halogens is 1. The summed E-state index contributed by atoms with van der Waals surface area (Å²) >= 11 is 4.90. The molecule has 0 saturated heterocycles. The van der Waals surface area contributed by atoms with E-state index in [2.05, 4.69) is 15.9 Å². The molecule has 5 heteroatoms. The van der Waals surface area contributed by atoms with Crippen LogP contribution in [0, 0.1) is 0 Å². The summed E-state index contributed by atoms with van der Waals surface area (Å²) < 4.78 is 5.79. The molecule has 0 atom stereocenters. The number of carbonyl (C=O) groups is 1. The van der Waals surface area contributed by atoms with Gasteiger partial charge in [0.15, 0.2) is 0 Å². The van der Waals surface area contributed by atoms with Crippen molar-refractivity contribution in [2.24, 2.45) is 0 Å². The van der Waals surface area contributed by atoms with E-state index in [-0.39, 0.29) is 5.97 Å². The Hall–Kier alpha value is -0.680. The average molecular weight is 304 g/mol. The fourth-order valence-electron chi connectivity index (χ4n) is 1.21. The Kier molecular flexibility index (Phi) is 5.69.